The van der Waals surface area contributed by atoms with Gasteiger partial charge in [-0.15, -0.1) is 0 Å². The summed E-state index contributed by atoms with van der Waals surface area (Å²) in [6, 6.07) is 26.3. The van der Waals surface area contributed by atoms with Crippen molar-refractivity contribution in [3.8, 4) is 6.07 Å². The molecule has 0 aromatic heterocycles. The van der Waals surface area contributed by atoms with Gasteiger partial charge in [0.1, 0.15) is 4.99 Å². The molecule has 35 heavy (non-hydrogen) atoms. The largest absolute Gasteiger partial charge is 0.345 e. The van der Waals surface area contributed by atoms with Gasteiger partial charge in [0.2, 0.25) is 0 Å². The first kappa shape index (κ1) is 27.7. The van der Waals surface area contributed by atoms with Gasteiger partial charge in [0.15, 0.2) is 0 Å². The predicted molar refractivity (Wildman–Crippen MR) is 155 cm³/mol. The second kappa shape index (κ2) is 14.7. The second-order valence-corrected chi connectivity index (χ2v) is 8.87. The molecule has 1 aliphatic rings. The summed E-state index contributed by atoms with van der Waals surface area (Å²) in [6.45, 7) is 11.4. The van der Waals surface area contributed by atoms with Gasteiger partial charge < -0.3 is 5.32 Å². The van der Waals surface area contributed by atoms with Gasteiger partial charge in [0, 0.05) is 5.69 Å². The Labute approximate surface area is 216 Å². The van der Waals surface area contributed by atoms with Crippen LogP contribution in [0.5, 0.6) is 0 Å². The highest BCUT2D eigenvalue weighted by Crippen LogP contribution is 2.12. The standard InChI is InChI=1S/C13H11N3S.C10H14.C8H10/c1-9-6-12(15-8-9)13(17)16-11-4-2-10(7-14)3-5-11;1-4-10-7-8(2)5-6-9(10)3;1-2-8-6-4-3-5-7-8/h2-6H,8H2,1H3,(H,16,17);5-7H,4H2,1-3H3;3-7H,2H2,1H3. The van der Waals surface area contributed by atoms with E-state index >= 15 is 0 Å². The van der Waals surface area contributed by atoms with Crippen molar-refractivity contribution in [3.05, 3.63) is 112 Å². The van der Waals surface area contributed by atoms with Crippen LogP contribution in [0.3, 0.4) is 0 Å². The summed E-state index contributed by atoms with van der Waals surface area (Å²) < 4.78 is 0. The molecule has 0 fully saturated rings. The van der Waals surface area contributed by atoms with Crippen molar-refractivity contribution in [2.45, 2.75) is 47.5 Å². The van der Waals surface area contributed by atoms with E-state index in [9.17, 15) is 0 Å². The number of aliphatic imine (C=N–C) groups is 1. The number of nitriles is 1. The Morgan fingerprint density at radius 2 is 1.63 bits per heavy atom. The molecule has 1 aliphatic heterocycles. The quantitative estimate of drug-likeness (QED) is 0.387. The Bertz CT molecular complexity index is 1200. The summed E-state index contributed by atoms with van der Waals surface area (Å²) in [5.74, 6) is 0. The highest BCUT2D eigenvalue weighted by Gasteiger charge is 2.09. The van der Waals surface area contributed by atoms with Gasteiger partial charge >= 0.3 is 0 Å². The highest BCUT2D eigenvalue weighted by molar-refractivity contribution is 7.82. The Hall–Kier alpha value is -3.55. The lowest BCUT2D eigenvalue weighted by Gasteiger charge is -2.06. The molecule has 0 unspecified atom stereocenters. The molecule has 1 N–H and O–H groups in total. The van der Waals surface area contributed by atoms with Crippen LogP contribution in [-0.2, 0) is 12.8 Å². The third-order valence-corrected chi connectivity index (χ3v) is 5.83. The molecule has 0 aliphatic carbocycles. The van der Waals surface area contributed by atoms with Crippen LogP contribution in [0.4, 0.5) is 5.69 Å². The number of nitrogens with one attached hydrogen (secondary N) is 1. The Balaban J connectivity index is 0.000000204. The third kappa shape index (κ3) is 9.68. The van der Waals surface area contributed by atoms with Crippen molar-refractivity contribution in [2.75, 3.05) is 11.9 Å². The molecule has 180 valence electrons. The lowest BCUT2D eigenvalue weighted by molar-refractivity contribution is 1.10. The molecule has 3 aromatic rings. The van der Waals surface area contributed by atoms with Crippen molar-refractivity contribution in [1.29, 1.82) is 5.26 Å². The lowest BCUT2D eigenvalue weighted by Crippen LogP contribution is -2.17. The predicted octanol–water partition coefficient (Wildman–Crippen LogP) is 7.81. The van der Waals surface area contributed by atoms with Crippen LogP contribution in [-0.4, -0.2) is 17.2 Å². The van der Waals surface area contributed by atoms with Crippen molar-refractivity contribution in [1.82, 2.24) is 0 Å². The molecule has 0 amide bonds. The number of hydrogen-bond acceptors (Lipinski definition) is 3. The van der Waals surface area contributed by atoms with E-state index in [1.807, 2.05) is 31.2 Å². The van der Waals surface area contributed by atoms with E-state index in [1.165, 1.54) is 27.8 Å². The molecule has 0 spiro atoms. The number of aryl methyl sites for hydroxylation is 4. The van der Waals surface area contributed by atoms with E-state index in [0.717, 1.165) is 30.8 Å². The fraction of sp³-hybridized carbons (Fsp3) is 0.258. The van der Waals surface area contributed by atoms with Crippen molar-refractivity contribution < 1.29 is 0 Å². The van der Waals surface area contributed by atoms with Gasteiger partial charge in [-0.25, -0.2) is 0 Å². The van der Waals surface area contributed by atoms with Gasteiger partial charge in [0.05, 0.1) is 23.9 Å². The monoisotopic (exact) mass is 481 g/mol. The third-order valence-electron chi connectivity index (χ3n) is 5.52. The number of hydrogen-bond donors (Lipinski definition) is 1. The average Bonchev–Trinajstić information content (AvgIpc) is 3.33. The summed E-state index contributed by atoms with van der Waals surface area (Å²) in [7, 11) is 0. The smallest absolute Gasteiger partial charge is 0.129 e. The Kier molecular flexibility index (Phi) is 11.6. The first-order valence-electron chi connectivity index (χ1n) is 12.0. The van der Waals surface area contributed by atoms with Crippen LogP contribution in [0.2, 0.25) is 0 Å². The topological polar surface area (TPSA) is 48.2 Å². The molecule has 0 bridgehead atoms. The van der Waals surface area contributed by atoms with E-state index in [-0.39, 0.29) is 0 Å². The number of anilines is 1. The van der Waals surface area contributed by atoms with Crippen LogP contribution in [0.1, 0.15) is 48.6 Å². The summed E-state index contributed by atoms with van der Waals surface area (Å²) in [4.78, 5) is 4.93. The van der Waals surface area contributed by atoms with E-state index in [2.05, 4.69) is 86.5 Å². The van der Waals surface area contributed by atoms with Crippen molar-refractivity contribution >= 4 is 28.6 Å². The molecule has 0 saturated carbocycles. The van der Waals surface area contributed by atoms with Gasteiger partial charge in [-0.05, 0) is 86.2 Å². The lowest BCUT2D eigenvalue weighted by atomic mass is 10.0. The summed E-state index contributed by atoms with van der Waals surface area (Å²) >= 11 is 5.26. The van der Waals surface area contributed by atoms with Gasteiger partial charge in [-0.3, -0.25) is 4.99 Å². The maximum absolute atomic E-state index is 8.69. The minimum absolute atomic E-state index is 0.617. The number of rotatable bonds is 4. The van der Waals surface area contributed by atoms with E-state index in [4.69, 9.17) is 17.5 Å². The fourth-order valence-corrected chi connectivity index (χ4v) is 3.63. The van der Waals surface area contributed by atoms with Gasteiger partial charge in [0.25, 0.3) is 0 Å². The SMILES string of the molecule is CC1=CC(C(=S)Nc2ccc(C#N)cc2)=NC1.CCc1cc(C)ccc1C.CCc1ccccc1. The zero-order chi connectivity index (χ0) is 25.6. The molecule has 4 heteroatoms. The molecule has 4 rings (SSSR count). The van der Waals surface area contributed by atoms with Crippen molar-refractivity contribution in [2.24, 2.45) is 4.99 Å². The van der Waals surface area contributed by atoms with Gasteiger partial charge in [-0.1, -0.05) is 80.2 Å². The maximum atomic E-state index is 8.69. The molecular formula is C31H35N3S. The Morgan fingerprint density at radius 1 is 0.943 bits per heavy atom. The molecule has 1 heterocycles. The van der Waals surface area contributed by atoms with Crippen LogP contribution >= 0.6 is 12.2 Å². The molecule has 0 atom stereocenters. The van der Waals surface area contributed by atoms with Crippen LogP contribution in [0, 0.1) is 25.2 Å². The molecule has 0 saturated heterocycles. The number of thiocarbonyl (C=S) groups is 1. The summed E-state index contributed by atoms with van der Waals surface area (Å²) in [5.41, 5.74) is 9.19. The molecule has 3 aromatic carbocycles. The van der Waals surface area contributed by atoms with Crippen molar-refractivity contribution in [3.63, 3.8) is 0 Å². The first-order chi connectivity index (χ1) is 16.9. The Morgan fingerprint density at radius 3 is 2.11 bits per heavy atom. The molecule has 3 nitrogen and oxygen atoms in total. The first-order valence-corrected chi connectivity index (χ1v) is 12.4. The zero-order valence-electron chi connectivity index (χ0n) is 21.4. The highest BCUT2D eigenvalue weighted by atomic mass is 32.1. The average molecular weight is 482 g/mol. The van der Waals surface area contributed by atoms with Crippen LogP contribution < -0.4 is 5.32 Å². The van der Waals surface area contributed by atoms with E-state index < -0.39 is 0 Å². The van der Waals surface area contributed by atoms with Gasteiger partial charge in [-0.2, -0.15) is 5.26 Å². The van der Waals surface area contributed by atoms with E-state index in [0.29, 0.717) is 10.6 Å². The van der Waals surface area contributed by atoms with Crippen LogP contribution in [0.15, 0.2) is 89.4 Å². The van der Waals surface area contributed by atoms with E-state index in [1.54, 1.807) is 12.1 Å². The minimum Gasteiger partial charge on any atom is -0.345 e. The maximum Gasteiger partial charge on any atom is 0.129 e. The molecule has 0 radical (unpaired) electrons. The number of benzene rings is 3. The minimum atomic E-state index is 0.617. The summed E-state index contributed by atoms with van der Waals surface area (Å²) in [5, 5.41) is 11.8. The van der Waals surface area contributed by atoms with Crippen LogP contribution in [0.25, 0.3) is 0 Å². The second-order valence-electron chi connectivity index (χ2n) is 8.46. The normalized spacial score (nSPS) is 11.5. The number of nitrogens with zero attached hydrogens (tertiary/aromatic N) is 2. The summed E-state index contributed by atoms with van der Waals surface area (Å²) in [6.07, 6.45) is 4.27. The zero-order valence-corrected chi connectivity index (χ0v) is 22.2. The molecular weight excluding hydrogens is 446 g/mol. The fourth-order valence-electron chi connectivity index (χ4n) is 3.39.